The molecule has 1 amide bonds. The van der Waals surface area contributed by atoms with Gasteiger partial charge < -0.3 is 24.4 Å². The molecule has 0 spiro atoms. The van der Waals surface area contributed by atoms with E-state index < -0.39 is 0 Å². The first-order valence-electron chi connectivity index (χ1n) is 13.6. The van der Waals surface area contributed by atoms with Gasteiger partial charge in [-0.1, -0.05) is 53.0 Å². The fourth-order valence-electron chi connectivity index (χ4n) is 5.28. The number of rotatable bonds is 7. The van der Waals surface area contributed by atoms with Crippen LogP contribution in [0.5, 0.6) is 0 Å². The maximum atomic E-state index is 13.1. The molecular formula is C29H31Cl2N7O2. The van der Waals surface area contributed by atoms with Gasteiger partial charge in [-0.15, -0.1) is 0 Å². The predicted molar refractivity (Wildman–Crippen MR) is 158 cm³/mol. The minimum Gasteiger partial charge on any atom is -0.376 e. The van der Waals surface area contributed by atoms with Crippen LogP contribution in [-0.4, -0.2) is 75.8 Å². The van der Waals surface area contributed by atoms with Crippen molar-refractivity contribution in [3.8, 4) is 0 Å². The second-order valence-electron chi connectivity index (χ2n) is 10.3. The largest absolute Gasteiger partial charge is 0.376 e. The number of carbonyl (C=O) groups excluding carboxylic acids is 1. The topological polar surface area (TPSA) is 88.4 Å². The Kier molecular flexibility index (Phi) is 7.78. The van der Waals surface area contributed by atoms with Crippen molar-refractivity contribution in [2.75, 3.05) is 49.5 Å². The summed E-state index contributed by atoms with van der Waals surface area (Å²) in [7, 11) is 0. The van der Waals surface area contributed by atoms with Gasteiger partial charge in [0.2, 0.25) is 5.95 Å². The second-order valence-corrected chi connectivity index (χ2v) is 11.2. The third-order valence-electron chi connectivity index (χ3n) is 7.42. The van der Waals surface area contributed by atoms with E-state index in [0.717, 1.165) is 30.6 Å². The van der Waals surface area contributed by atoms with Crippen LogP contribution in [0.4, 0.5) is 11.8 Å². The number of nitrogens with one attached hydrogen (secondary N) is 1. The maximum Gasteiger partial charge on any atom is 0.255 e. The van der Waals surface area contributed by atoms with Crippen molar-refractivity contribution in [1.29, 1.82) is 0 Å². The minimum atomic E-state index is -0.104. The van der Waals surface area contributed by atoms with Crippen molar-refractivity contribution in [3.05, 3.63) is 75.5 Å². The highest BCUT2D eigenvalue weighted by Crippen LogP contribution is 2.26. The molecule has 2 aromatic heterocycles. The van der Waals surface area contributed by atoms with Crippen LogP contribution in [0.15, 0.2) is 48.8 Å². The highest BCUT2D eigenvalue weighted by atomic mass is 35.5. The molecule has 2 aliphatic rings. The molecule has 4 heterocycles. The minimum absolute atomic E-state index is 0.104. The summed E-state index contributed by atoms with van der Waals surface area (Å²) in [5.74, 6) is 1.21. The number of aromatic nitrogens is 4. The van der Waals surface area contributed by atoms with E-state index in [2.05, 4.69) is 46.0 Å². The Balaban J connectivity index is 1.25. The highest BCUT2D eigenvalue weighted by Gasteiger charge is 2.26. The number of imidazole rings is 1. The number of nitrogens with zero attached hydrogens (tertiary/aromatic N) is 6. The van der Waals surface area contributed by atoms with Crippen molar-refractivity contribution in [2.24, 2.45) is 0 Å². The van der Waals surface area contributed by atoms with Gasteiger partial charge in [0.1, 0.15) is 0 Å². The molecule has 9 nitrogen and oxygen atoms in total. The second kappa shape index (κ2) is 11.6. The zero-order valence-corrected chi connectivity index (χ0v) is 23.8. The van der Waals surface area contributed by atoms with E-state index in [1.54, 1.807) is 18.2 Å². The van der Waals surface area contributed by atoms with Crippen LogP contribution in [-0.2, 0) is 11.3 Å². The summed E-state index contributed by atoms with van der Waals surface area (Å²) in [6.45, 7) is 6.46. The first kappa shape index (κ1) is 26.8. The molecule has 0 aliphatic carbocycles. The van der Waals surface area contributed by atoms with E-state index in [4.69, 9.17) is 42.9 Å². The van der Waals surface area contributed by atoms with Crippen LogP contribution in [0.1, 0.15) is 34.3 Å². The molecule has 1 atom stereocenters. The van der Waals surface area contributed by atoms with E-state index in [9.17, 15) is 4.79 Å². The van der Waals surface area contributed by atoms with E-state index in [-0.39, 0.29) is 12.0 Å². The van der Waals surface area contributed by atoms with Gasteiger partial charge in [-0.2, -0.15) is 9.97 Å². The number of ether oxygens (including phenoxy) is 1. The number of benzene rings is 2. The first-order valence-corrected chi connectivity index (χ1v) is 14.3. The molecule has 1 N–H and O–H groups in total. The SMILES string of the molecule is Cc1cccc(Cn2cnc3c(NCC4CCCO4)nc(N4CCN(C(=O)c5ccc(Cl)cc5Cl)CC4)nc32)c1. The average Bonchev–Trinajstić information content (AvgIpc) is 3.62. The number of carbonyl (C=O) groups is 1. The molecule has 2 aromatic carbocycles. The highest BCUT2D eigenvalue weighted by molar-refractivity contribution is 6.36. The normalized spacial score (nSPS) is 17.5. The number of amides is 1. The molecule has 0 radical (unpaired) electrons. The Morgan fingerprint density at radius 1 is 1.10 bits per heavy atom. The van der Waals surface area contributed by atoms with Gasteiger partial charge in [0.05, 0.1) is 29.6 Å². The van der Waals surface area contributed by atoms with E-state index >= 15 is 0 Å². The molecule has 2 aliphatic heterocycles. The van der Waals surface area contributed by atoms with E-state index in [1.807, 2.05) is 11.2 Å². The van der Waals surface area contributed by atoms with Crippen molar-refractivity contribution < 1.29 is 9.53 Å². The summed E-state index contributed by atoms with van der Waals surface area (Å²) in [4.78, 5) is 31.6. The van der Waals surface area contributed by atoms with Crippen LogP contribution in [0.25, 0.3) is 11.2 Å². The lowest BCUT2D eigenvalue weighted by Crippen LogP contribution is -2.49. The quantitative estimate of drug-likeness (QED) is 0.328. The fraction of sp³-hybridized carbons (Fsp3) is 0.379. The summed E-state index contributed by atoms with van der Waals surface area (Å²) in [6.07, 6.45) is 4.10. The molecule has 208 valence electrons. The average molecular weight is 581 g/mol. The third kappa shape index (κ3) is 5.73. The van der Waals surface area contributed by atoms with Crippen molar-refractivity contribution >= 4 is 52.0 Å². The summed E-state index contributed by atoms with van der Waals surface area (Å²) in [5, 5.41) is 4.35. The number of piperazine rings is 1. The monoisotopic (exact) mass is 579 g/mol. The van der Waals surface area contributed by atoms with Crippen LogP contribution in [0, 0.1) is 6.92 Å². The number of anilines is 2. The molecule has 0 bridgehead atoms. The molecule has 2 saturated heterocycles. The number of hydrogen-bond donors (Lipinski definition) is 1. The van der Waals surface area contributed by atoms with Gasteiger partial charge in [-0.05, 0) is 43.5 Å². The maximum absolute atomic E-state index is 13.1. The zero-order valence-electron chi connectivity index (χ0n) is 22.3. The third-order valence-corrected chi connectivity index (χ3v) is 7.97. The van der Waals surface area contributed by atoms with Crippen molar-refractivity contribution in [3.63, 3.8) is 0 Å². The van der Waals surface area contributed by atoms with Gasteiger partial charge in [0.15, 0.2) is 17.0 Å². The molecule has 0 saturated carbocycles. The van der Waals surface area contributed by atoms with Crippen molar-refractivity contribution in [1.82, 2.24) is 24.4 Å². The number of hydrogen-bond acceptors (Lipinski definition) is 7. The summed E-state index contributed by atoms with van der Waals surface area (Å²) >= 11 is 12.3. The van der Waals surface area contributed by atoms with Crippen LogP contribution < -0.4 is 10.2 Å². The standard InChI is InChI=1S/C29H31Cl2N7O2/c1-19-4-2-5-20(14-19)17-38-18-33-25-26(32-16-22-6-3-13-40-22)34-29(35-27(25)38)37-11-9-36(10-12-37)28(39)23-8-7-21(30)15-24(23)31/h2,4-5,7-8,14-15,18,22H,3,6,9-13,16-17H2,1H3,(H,32,34,35). The van der Waals surface area contributed by atoms with Gasteiger partial charge in [-0.25, -0.2) is 4.98 Å². The van der Waals surface area contributed by atoms with Gasteiger partial charge in [0.25, 0.3) is 5.91 Å². The number of fused-ring (bicyclic) bond motifs is 1. The molecule has 6 rings (SSSR count). The Hall–Kier alpha value is -3.40. The lowest BCUT2D eigenvalue weighted by atomic mass is 10.1. The Bertz CT molecular complexity index is 1530. The molecule has 4 aromatic rings. The molecule has 1 unspecified atom stereocenters. The van der Waals surface area contributed by atoms with Crippen LogP contribution in [0.3, 0.4) is 0 Å². The Morgan fingerprint density at radius 3 is 2.70 bits per heavy atom. The van der Waals surface area contributed by atoms with E-state index in [0.29, 0.717) is 66.6 Å². The van der Waals surface area contributed by atoms with Gasteiger partial charge >= 0.3 is 0 Å². The van der Waals surface area contributed by atoms with Gasteiger partial charge in [-0.3, -0.25) is 4.79 Å². The smallest absolute Gasteiger partial charge is 0.255 e. The van der Waals surface area contributed by atoms with Crippen LogP contribution in [0.2, 0.25) is 10.0 Å². The molecule has 2 fully saturated rings. The number of aryl methyl sites for hydroxylation is 1. The van der Waals surface area contributed by atoms with Gasteiger partial charge in [0, 0.05) is 44.4 Å². The lowest BCUT2D eigenvalue weighted by molar-refractivity contribution is 0.0746. The molecule has 40 heavy (non-hydrogen) atoms. The number of halogens is 2. The zero-order chi connectivity index (χ0) is 27.6. The lowest BCUT2D eigenvalue weighted by Gasteiger charge is -2.35. The van der Waals surface area contributed by atoms with E-state index in [1.165, 1.54) is 11.1 Å². The summed E-state index contributed by atoms with van der Waals surface area (Å²) < 4.78 is 7.88. The predicted octanol–water partition coefficient (Wildman–Crippen LogP) is 5.04. The first-order chi connectivity index (χ1) is 19.4. The van der Waals surface area contributed by atoms with Crippen molar-refractivity contribution in [2.45, 2.75) is 32.4 Å². The Morgan fingerprint density at radius 2 is 1.95 bits per heavy atom. The Labute approximate surface area is 243 Å². The fourth-order valence-corrected chi connectivity index (χ4v) is 5.77. The summed E-state index contributed by atoms with van der Waals surface area (Å²) in [6, 6.07) is 13.4. The van der Waals surface area contributed by atoms with Crippen LogP contribution >= 0.6 is 23.2 Å². The molecule has 11 heteroatoms. The summed E-state index contributed by atoms with van der Waals surface area (Å²) in [5.41, 5.74) is 4.36. The molecular weight excluding hydrogens is 549 g/mol.